The maximum atomic E-state index is 11.7. The number of rotatable bonds is 6. The van der Waals surface area contributed by atoms with Crippen molar-refractivity contribution in [3.63, 3.8) is 0 Å². The minimum Gasteiger partial charge on any atom is -0.508 e. The first kappa shape index (κ1) is 25.6. The van der Waals surface area contributed by atoms with Gasteiger partial charge in [-0.25, -0.2) is 0 Å². The molecule has 3 aliphatic rings. The van der Waals surface area contributed by atoms with Gasteiger partial charge in [0.05, 0.1) is 0 Å². The molecule has 1 N–H and O–H groups in total. The van der Waals surface area contributed by atoms with Gasteiger partial charge in [0.2, 0.25) is 0 Å². The quantitative estimate of drug-likeness (QED) is 0.437. The molecule has 0 spiro atoms. The lowest BCUT2D eigenvalue weighted by Crippen LogP contribution is -2.47. The van der Waals surface area contributed by atoms with Gasteiger partial charge in [-0.3, -0.25) is 4.79 Å². The predicted octanol–water partition coefficient (Wildman–Crippen LogP) is 7.63. The molecule has 3 aliphatic carbocycles. The molecule has 34 heavy (non-hydrogen) atoms. The smallest absolute Gasteiger partial charge is 0.302 e. The minimum absolute atomic E-state index is 0.0214. The molecule has 1 aromatic carbocycles. The van der Waals surface area contributed by atoms with E-state index in [0.717, 1.165) is 37.0 Å². The summed E-state index contributed by atoms with van der Waals surface area (Å²) >= 11 is 0. The number of phenols is 1. The van der Waals surface area contributed by atoms with Gasteiger partial charge in [-0.1, -0.05) is 67.7 Å². The van der Waals surface area contributed by atoms with Crippen LogP contribution in [0.2, 0.25) is 0 Å². The summed E-state index contributed by atoms with van der Waals surface area (Å²) in [5.74, 6) is 2.50. The van der Waals surface area contributed by atoms with Gasteiger partial charge in [0.25, 0.3) is 0 Å². The molecule has 1 fully saturated rings. The number of benzene rings is 1. The number of fused-ring (bicyclic) bond motifs is 5. The highest BCUT2D eigenvalue weighted by Crippen LogP contribution is 2.66. The second-order valence-electron chi connectivity index (χ2n) is 13.3. The molecule has 0 bridgehead atoms. The van der Waals surface area contributed by atoms with Crippen molar-refractivity contribution in [2.24, 2.45) is 23.2 Å². The summed E-state index contributed by atoms with van der Waals surface area (Å²) in [6.45, 7) is 18.0. The van der Waals surface area contributed by atoms with Gasteiger partial charge in [-0.05, 0) is 84.5 Å². The van der Waals surface area contributed by atoms with Crippen LogP contribution >= 0.6 is 0 Å². The Hall–Kier alpha value is -1.51. The van der Waals surface area contributed by atoms with Crippen LogP contribution in [-0.4, -0.2) is 17.2 Å². The van der Waals surface area contributed by atoms with Crippen LogP contribution in [0.3, 0.4) is 0 Å². The molecule has 0 aliphatic heterocycles. The fourth-order valence-corrected chi connectivity index (χ4v) is 8.41. The van der Waals surface area contributed by atoms with Crippen molar-refractivity contribution in [1.29, 1.82) is 0 Å². The van der Waals surface area contributed by atoms with Gasteiger partial charge in [0.15, 0.2) is 0 Å². The molecule has 3 heteroatoms. The minimum atomic E-state index is -0.295. The Kier molecular flexibility index (Phi) is 6.66. The van der Waals surface area contributed by atoms with Crippen LogP contribution in [0.25, 0.3) is 0 Å². The number of carbonyl (C=O) groups is 1. The van der Waals surface area contributed by atoms with E-state index in [1.54, 1.807) is 0 Å². The number of hydrogen-bond donors (Lipinski definition) is 1. The van der Waals surface area contributed by atoms with Gasteiger partial charge in [0, 0.05) is 23.3 Å². The molecule has 190 valence electrons. The van der Waals surface area contributed by atoms with Crippen molar-refractivity contribution < 1.29 is 14.6 Å². The fraction of sp³-hybridized carbons (Fsp3) is 0.774. The zero-order valence-electron chi connectivity index (χ0n) is 23.0. The molecule has 0 saturated heterocycles. The summed E-state index contributed by atoms with van der Waals surface area (Å²) in [7, 11) is 0. The van der Waals surface area contributed by atoms with E-state index in [-0.39, 0.29) is 28.3 Å². The molecular weight excluding hydrogens is 420 g/mol. The maximum Gasteiger partial charge on any atom is 0.302 e. The molecule has 4 rings (SSSR count). The zero-order valence-corrected chi connectivity index (χ0v) is 23.0. The molecule has 1 unspecified atom stereocenters. The van der Waals surface area contributed by atoms with E-state index in [1.807, 2.05) is 6.07 Å². The van der Waals surface area contributed by atoms with E-state index in [2.05, 4.69) is 48.5 Å². The Balaban J connectivity index is 1.69. The number of esters is 1. The molecule has 1 saturated carbocycles. The highest BCUT2D eigenvalue weighted by molar-refractivity contribution is 5.67. The predicted molar refractivity (Wildman–Crippen MR) is 139 cm³/mol. The summed E-state index contributed by atoms with van der Waals surface area (Å²) in [5.41, 5.74) is 5.23. The number of aromatic hydroxyl groups is 1. The van der Waals surface area contributed by atoms with Gasteiger partial charge in [-0.15, -0.1) is 0 Å². The first-order chi connectivity index (χ1) is 15.8. The van der Waals surface area contributed by atoms with E-state index >= 15 is 0 Å². The van der Waals surface area contributed by atoms with E-state index < -0.39 is 0 Å². The lowest BCUT2D eigenvalue weighted by atomic mass is 9.52. The van der Waals surface area contributed by atoms with Crippen LogP contribution in [0, 0.1) is 23.2 Å². The molecule has 5 atom stereocenters. The van der Waals surface area contributed by atoms with Crippen LogP contribution < -0.4 is 0 Å². The SMILES string of the molecule is CC(=O)O[C@H]1CCc2c(cc(O)c3c2CC[C@]2(C)C([C@H](C)CCCC(C)C)CC[C@@]32C)C1(C)C. The first-order valence-corrected chi connectivity index (χ1v) is 13.9. The Labute approximate surface area is 208 Å². The number of carbonyl (C=O) groups excluding carboxylic acids is 1. The van der Waals surface area contributed by atoms with Crippen LogP contribution in [0.15, 0.2) is 6.07 Å². The van der Waals surface area contributed by atoms with E-state index in [0.29, 0.717) is 5.75 Å². The summed E-state index contributed by atoms with van der Waals surface area (Å²) < 4.78 is 5.72. The van der Waals surface area contributed by atoms with Crippen molar-refractivity contribution in [1.82, 2.24) is 0 Å². The molecule has 0 heterocycles. The fourth-order valence-electron chi connectivity index (χ4n) is 8.41. The van der Waals surface area contributed by atoms with Crippen molar-refractivity contribution >= 4 is 5.97 Å². The highest BCUT2D eigenvalue weighted by Gasteiger charge is 2.59. The molecule has 0 radical (unpaired) electrons. The molecule has 0 amide bonds. The van der Waals surface area contributed by atoms with E-state index in [4.69, 9.17) is 4.74 Å². The average Bonchev–Trinajstić information content (AvgIpc) is 3.01. The third-order valence-electron chi connectivity index (χ3n) is 10.6. The van der Waals surface area contributed by atoms with Crippen LogP contribution in [0.5, 0.6) is 5.75 Å². The normalized spacial score (nSPS) is 32.6. The monoisotopic (exact) mass is 468 g/mol. The molecule has 3 nitrogen and oxygen atoms in total. The van der Waals surface area contributed by atoms with E-state index in [1.165, 1.54) is 67.7 Å². The van der Waals surface area contributed by atoms with Gasteiger partial charge < -0.3 is 9.84 Å². The summed E-state index contributed by atoms with van der Waals surface area (Å²) in [6.07, 6.45) is 10.3. The number of phenolic OH excluding ortho intramolecular Hbond substituents is 1. The lowest BCUT2D eigenvalue weighted by molar-refractivity contribution is -0.150. The molecule has 0 aromatic heterocycles. The Morgan fingerprint density at radius 1 is 1.06 bits per heavy atom. The second-order valence-corrected chi connectivity index (χ2v) is 13.3. The Bertz CT molecular complexity index is 944. The number of hydrogen-bond acceptors (Lipinski definition) is 3. The third-order valence-corrected chi connectivity index (χ3v) is 10.6. The largest absolute Gasteiger partial charge is 0.508 e. The van der Waals surface area contributed by atoms with Crippen molar-refractivity contribution in [3.05, 3.63) is 28.3 Å². The molecule has 1 aromatic rings. The first-order valence-electron chi connectivity index (χ1n) is 13.9. The lowest BCUT2D eigenvalue weighted by Gasteiger charge is -2.52. The van der Waals surface area contributed by atoms with E-state index in [9.17, 15) is 9.90 Å². The Morgan fingerprint density at radius 2 is 1.76 bits per heavy atom. The van der Waals surface area contributed by atoms with Gasteiger partial charge >= 0.3 is 5.97 Å². The Morgan fingerprint density at radius 3 is 2.41 bits per heavy atom. The van der Waals surface area contributed by atoms with Crippen molar-refractivity contribution in [2.75, 3.05) is 0 Å². The standard InChI is InChI=1S/C31H48O3/c1-19(2)10-9-11-20(3)24-15-17-31(8)28-23(14-16-30(24,31)7)22-12-13-27(34-21(4)32)29(5,6)25(22)18-26(28)33/h18-20,24,27,33H,9-17H2,1-8H3/t20-,24?,27+,30-,31+/m1/s1. The summed E-state index contributed by atoms with van der Waals surface area (Å²) in [6, 6.07) is 2.04. The van der Waals surface area contributed by atoms with Crippen LogP contribution in [-0.2, 0) is 33.2 Å². The van der Waals surface area contributed by atoms with Gasteiger partial charge in [-0.2, -0.15) is 0 Å². The second kappa shape index (κ2) is 8.86. The maximum absolute atomic E-state index is 11.7. The summed E-state index contributed by atoms with van der Waals surface area (Å²) in [5, 5.41) is 11.6. The zero-order chi connectivity index (χ0) is 25.1. The third kappa shape index (κ3) is 3.90. The highest BCUT2D eigenvalue weighted by atomic mass is 16.5. The van der Waals surface area contributed by atoms with Crippen LogP contribution in [0.1, 0.15) is 123 Å². The number of ether oxygens (including phenoxy) is 1. The molecular formula is C31H48O3. The summed E-state index contributed by atoms with van der Waals surface area (Å²) in [4.78, 5) is 11.7. The average molecular weight is 469 g/mol. The topological polar surface area (TPSA) is 46.5 Å². The van der Waals surface area contributed by atoms with Crippen molar-refractivity contribution in [3.8, 4) is 5.75 Å². The van der Waals surface area contributed by atoms with Crippen LogP contribution in [0.4, 0.5) is 0 Å². The van der Waals surface area contributed by atoms with Crippen molar-refractivity contribution in [2.45, 2.75) is 130 Å². The van der Waals surface area contributed by atoms with Gasteiger partial charge in [0.1, 0.15) is 11.9 Å².